The van der Waals surface area contributed by atoms with Crippen molar-refractivity contribution in [1.29, 1.82) is 0 Å². The number of hydrogen-bond acceptors (Lipinski definition) is 3. The zero-order chi connectivity index (χ0) is 17.2. The molecule has 1 fully saturated rings. The quantitative estimate of drug-likeness (QED) is 0.650. The van der Waals surface area contributed by atoms with Crippen molar-refractivity contribution in [2.45, 2.75) is 78.1 Å². The van der Waals surface area contributed by atoms with Gasteiger partial charge in [0.15, 0.2) is 0 Å². The predicted molar refractivity (Wildman–Crippen MR) is 91.8 cm³/mol. The van der Waals surface area contributed by atoms with Crippen LogP contribution in [0.25, 0.3) is 0 Å². The van der Waals surface area contributed by atoms with E-state index in [0.717, 1.165) is 24.8 Å². The molecule has 0 aliphatic heterocycles. The molecule has 0 aromatic rings. The normalized spacial score (nSPS) is 49.3. The summed E-state index contributed by atoms with van der Waals surface area (Å²) in [6.07, 6.45) is 4.29. The van der Waals surface area contributed by atoms with Crippen molar-refractivity contribution >= 4 is 0 Å². The Kier molecular flexibility index (Phi) is 3.87. The SMILES string of the molecule is C=C[C@@]1(C)CCC2=C(C[C@@H](O)[C@H]3C(C)(C)C[C@H](O)C[C@]23C)[C@@H]1O. The molecule has 6 atom stereocenters. The number of aliphatic hydroxyl groups is 3. The lowest BCUT2D eigenvalue weighted by atomic mass is 9.46. The highest BCUT2D eigenvalue weighted by Gasteiger charge is 2.58. The molecule has 3 aliphatic rings. The van der Waals surface area contributed by atoms with Crippen LogP contribution in [0.3, 0.4) is 0 Å². The average Bonchev–Trinajstić information content (AvgIpc) is 2.41. The molecule has 3 aliphatic carbocycles. The lowest BCUT2D eigenvalue weighted by Gasteiger charge is -2.60. The van der Waals surface area contributed by atoms with Gasteiger partial charge in [-0.15, -0.1) is 6.58 Å². The summed E-state index contributed by atoms with van der Waals surface area (Å²) in [7, 11) is 0. The summed E-state index contributed by atoms with van der Waals surface area (Å²) >= 11 is 0. The fourth-order valence-corrected chi connectivity index (χ4v) is 6.24. The first-order valence-electron chi connectivity index (χ1n) is 8.95. The Morgan fingerprint density at radius 3 is 2.35 bits per heavy atom. The number of hydrogen-bond donors (Lipinski definition) is 3. The summed E-state index contributed by atoms with van der Waals surface area (Å²) in [5.74, 6) is 0.137. The van der Waals surface area contributed by atoms with Gasteiger partial charge in [0.25, 0.3) is 0 Å². The molecular weight excluding hydrogens is 288 g/mol. The Balaban J connectivity index is 2.12. The summed E-state index contributed by atoms with van der Waals surface area (Å²) < 4.78 is 0. The predicted octanol–water partition coefficient (Wildman–Crippen LogP) is 3.20. The first-order valence-corrected chi connectivity index (χ1v) is 8.95. The standard InChI is InChI=1S/C20H32O3/c1-6-19(4)8-7-14-13(17(19)23)9-15(22)16-18(2,3)10-12(21)11-20(14,16)5/h6,12,15-17,21-23H,1,7-11H2,2-5H3/t12-,15+,16-,17-,19-,20+/m0/s1. The molecule has 0 bridgehead atoms. The molecule has 3 heteroatoms. The van der Waals surface area contributed by atoms with Crippen LogP contribution in [0.5, 0.6) is 0 Å². The summed E-state index contributed by atoms with van der Waals surface area (Å²) in [4.78, 5) is 0. The maximum Gasteiger partial charge on any atom is 0.0841 e. The van der Waals surface area contributed by atoms with Gasteiger partial charge in [-0.25, -0.2) is 0 Å². The molecule has 3 N–H and O–H groups in total. The van der Waals surface area contributed by atoms with Crippen LogP contribution in [0.1, 0.15) is 59.8 Å². The number of aliphatic hydroxyl groups excluding tert-OH is 3. The second-order valence-electron chi connectivity index (χ2n) is 9.33. The fraction of sp³-hybridized carbons (Fsp3) is 0.800. The van der Waals surface area contributed by atoms with Crippen molar-refractivity contribution in [1.82, 2.24) is 0 Å². The molecule has 0 aromatic heterocycles. The van der Waals surface area contributed by atoms with E-state index in [0.29, 0.717) is 12.8 Å². The van der Waals surface area contributed by atoms with E-state index in [2.05, 4.69) is 34.3 Å². The van der Waals surface area contributed by atoms with Crippen LogP contribution in [-0.2, 0) is 0 Å². The Bertz CT molecular complexity index is 549. The summed E-state index contributed by atoms with van der Waals surface area (Å²) in [6, 6.07) is 0. The van der Waals surface area contributed by atoms with E-state index in [1.807, 2.05) is 6.08 Å². The Morgan fingerprint density at radius 2 is 1.74 bits per heavy atom. The first-order chi connectivity index (χ1) is 10.5. The number of fused-ring (bicyclic) bond motifs is 2. The molecule has 0 saturated heterocycles. The topological polar surface area (TPSA) is 60.7 Å². The Morgan fingerprint density at radius 1 is 1.09 bits per heavy atom. The number of rotatable bonds is 1. The maximum atomic E-state index is 10.9. The highest BCUT2D eigenvalue weighted by molar-refractivity contribution is 5.37. The number of allylic oxidation sites excluding steroid dienone is 1. The van der Waals surface area contributed by atoms with Crippen LogP contribution >= 0.6 is 0 Å². The maximum absolute atomic E-state index is 10.9. The Hall–Kier alpha value is -0.640. The van der Waals surface area contributed by atoms with Crippen molar-refractivity contribution in [3.8, 4) is 0 Å². The van der Waals surface area contributed by atoms with Crippen LogP contribution in [0.15, 0.2) is 23.8 Å². The molecular formula is C20H32O3. The van der Waals surface area contributed by atoms with E-state index < -0.39 is 12.2 Å². The third-order valence-electron chi connectivity index (χ3n) is 7.18. The summed E-state index contributed by atoms with van der Waals surface area (Å²) in [6.45, 7) is 12.5. The molecule has 3 nitrogen and oxygen atoms in total. The van der Waals surface area contributed by atoms with E-state index in [-0.39, 0.29) is 28.3 Å². The van der Waals surface area contributed by atoms with Gasteiger partial charge in [-0.2, -0.15) is 0 Å². The minimum Gasteiger partial charge on any atom is -0.393 e. The van der Waals surface area contributed by atoms with Gasteiger partial charge in [-0.1, -0.05) is 39.3 Å². The molecule has 3 rings (SSSR count). The first kappa shape index (κ1) is 17.2. The molecule has 0 amide bonds. The van der Waals surface area contributed by atoms with E-state index in [1.54, 1.807) is 0 Å². The van der Waals surface area contributed by atoms with Gasteiger partial charge >= 0.3 is 0 Å². The molecule has 1 saturated carbocycles. The van der Waals surface area contributed by atoms with Crippen LogP contribution < -0.4 is 0 Å². The second kappa shape index (κ2) is 5.18. The van der Waals surface area contributed by atoms with Crippen molar-refractivity contribution in [2.24, 2.45) is 22.2 Å². The van der Waals surface area contributed by atoms with Gasteiger partial charge in [-0.05, 0) is 54.4 Å². The average molecular weight is 320 g/mol. The van der Waals surface area contributed by atoms with Crippen molar-refractivity contribution in [2.75, 3.05) is 0 Å². The van der Waals surface area contributed by atoms with Crippen molar-refractivity contribution < 1.29 is 15.3 Å². The van der Waals surface area contributed by atoms with Gasteiger partial charge in [0.1, 0.15) is 0 Å². The third kappa shape index (κ3) is 2.35. The van der Waals surface area contributed by atoms with Gasteiger partial charge in [0.05, 0.1) is 18.3 Å². The van der Waals surface area contributed by atoms with E-state index in [9.17, 15) is 15.3 Å². The van der Waals surface area contributed by atoms with E-state index in [1.165, 1.54) is 5.57 Å². The minimum atomic E-state index is -0.571. The van der Waals surface area contributed by atoms with Crippen LogP contribution in [0.4, 0.5) is 0 Å². The van der Waals surface area contributed by atoms with Gasteiger partial charge in [-0.3, -0.25) is 0 Å². The van der Waals surface area contributed by atoms with Crippen LogP contribution in [0.2, 0.25) is 0 Å². The van der Waals surface area contributed by atoms with Gasteiger partial charge < -0.3 is 15.3 Å². The van der Waals surface area contributed by atoms with Crippen LogP contribution in [0, 0.1) is 22.2 Å². The Labute approximate surface area is 140 Å². The largest absolute Gasteiger partial charge is 0.393 e. The third-order valence-corrected chi connectivity index (χ3v) is 7.18. The summed E-state index contributed by atoms with van der Waals surface area (Å²) in [5.41, 5.74) is 1.66. The molecule has 0 radical (unpaired) electrons. The molecule has 0 heterocycles. The molecule has 130 valence electrons. The van der Waals surface area contributed by atoms with Crippen LogP contribution in [-0.4, -0.2) is 33.6 Å². The van der Waals surface area contributed by atoms with Crippen molar-refractivity contribution in [3.05, 3.63) is 23.8 Å². The smallest absolute Gasteiger partial charge is 0.0841 e. The van der Waals surface area contributed by atoms with Crippen molar-refractivity contribution in [3.63, 3.8) is 0 Å². The fourth-order valence-electron chi connectivity index (χ4n) is 6.24. The highest BCUT2D eigenvalue weighted by atomic mass is 16.3. The zero-order valence-corrected chi connectivity index (χ0v) is 15.0. The lowest BCUT2D eigenvalue weighted by Crippen LogP contribution is -2.57. The molecule has 0 unspecified atom stereocenters. The van der Waals surface area contributed by atoms with Gasteiger partial charge in [0.2, 0.25) is 0 Å². The highest BCUT2D eigenvalue weighted by Crippen LogP contribution is 2.62. The monoisotopic (exact) mass is 320 g/mol. The molecule has 23 heavy (non-hydrogen) atoms. The van der Waals surface area contributed by atoms with E-state index >= 15 is 0 Å². The molecule has 0 spiro atoms. The molecule has 0 aromatic carbocycles. The minimum absolute atomic E-state index is 0.103. The van der Waals surface area contributed by atoms with E-state index in [4.69, 9.17) is 0 Å². The zero-order valence-electron chi connectivity index (χ0n) is 15.0. The lowest BCUT2D eigenvalue weighted by molar-refractivity contribution is -0.119. The van der Waals surface area contributed by atoms with Gasteiger partial charge in [0, 0.05) is 5.41 Å². The summed E-state index contributed by atoms with van der Waals surface area (Å²) in [5, 5.41) is 32.3. The second-order valence-corrected chi connectivity index (χ2v) is 9.33.